The third-order valence-corrected chi connectivity index (χ3v) is 1.43. The van der Waals surface area contributed by atoms with Gasteiger partial charge in [0.05, 0.1) is 13.2 Å². The van der Waals surface area contributed by atoms with Gasteiger partial charge in [0, 0.05) is 12.6 Å². The highest BCUT2D eigenvalue weighted by molar-refractivity contribution is 5.62. The topological polar surface area (TPSA) is 27.4 Å². The number of rotatable bonds is 2. The molecule has 0 amide bonds. The van der Waals surface area contributed by atoms with Crippen molar-refractivity contribution in [2.45, 2.75) is 6.42 Å². The lowest BCUT2D eigenvalue weighted by atomic mass is 10.4. The van der Waals surface area contributed by atoms with Crippen molar-refractivity contribution in [2.24, 2.45) is 4.99 Å². The Morgan fingerprint density at radius 3 is 3.33 bits per heavy atom. The normalized spacial score (nSPS) is 19.3. The summed E-state index contributed by atoms with van der Waals surface area (Å²) in [4.78, 5) is 4.04. The van der Waals surface area contributed by atoms with E-state index in [1.54, 1.807) is 12.4 Å². The smallest absolute Gasteiger partial charge is 0.237 e. The molecule has 1 rings (SSSR count). The number of nitrogens with one attached hydrogen (secondary N) is 1. The molecule has 0 aromatic rings. The molecule has 0 aromatic heterocycles. The molecule has 1 aliphatic heterocycles. The third kappa shape index (κ3) is 2.59. The van der Waals surface area contributed by atoms with Crippen LogP contribution >= 0.6 is 0 Å². The first-order chi connectivity index (χ1) is 5.83. The molecule has 0 saturated carbocycles. The number of hydrogen-bond donors (Lipinski definition) is 1. The van der Waals surface area contributed by atoms with Gasteiger partial charge in [-0.3, -0.25) is 9.57 Å². The van der Waals surface area contributed by atoms with Gasteiger partial charge in [-0.1, -0.05) is 0 Å². The van der Waals surface area contributed by atoms with Crippen molar-refractivity contribution < 1.29 is 4.58 Å². The zero-order valence-corrected chi connectivity index (χ0v) is 7.12. The highest BCUT2D eigenvalue weighted by Crippen LogP contribution is 1.93. The molecule has 62 valence electrons. The molecule has 0 aliphatic carbocycles. The van der Waals surface area contributed by atoms with Gasteiger partial charge in [-0.2, -0.15) is 0 Å². The molecular formula is C9H12N3+. The lowest BCUT2D eigenvalue weighted by Crippen LogP contribution is -2.03. The van der Waals surface area contributed by atoms with Crippen LogP contribution in [0.3, 0.4) is 0 Å². The van der Waals surface area contributed by atoms with E-state index in [0.717, 1.165) is 12.2 Å². The van der Waals surface area contributed by atoms with Crippen molar-refractivity contribution in [3.8, 4) is 12.3 Å². The molecule has 0 atom stereocenters. The Morgan fingerprint density at radius 2 is 2.75 bits per heavy atom. The van der Waals surface area contributed by atoms with E-state index in [1.807, 2.05) is 18.0 Å². The van der Waals surface area contributed by atoms with Gasteiger partial charge in [-0.15, -0.1) is 12.3 Å². The first-order valence-electron chi connectivity index (χ1n) is 3.77. The summed E-state index contributed by atoms with van der Waals surface area (Å²) in [5.41, 5.74) is 1.09. The van der Waals surface area contributed by atoms with Gasteiger partial charge < -0.3 is 0 Å². The molecule has 0 radical (unpaired) electrons. The average molecular weight is 162 g/mol. The van der Waals surface area contributed by atoms with Gasteiger partial charge in [0.15, 0.2) is 5.70 Å². The zero-order chi connectivity index (χ0) is 8.81. The second-order valence-corrected chi connectivity index (χ2v) is 2.58. The minimum absolute atomic E-state index is 0.587. The van der Waals surface area contributed by atoms with Crippen molar-refractivity contribution in [3.05, 3.63) is 11.9 Å². The summed E-state index contributed by atoms with van der Waals surface area (Å²) >= 11 is 0. The standard InChI is InChI=1S/C9H11N3/c1-3-4-5-10-6-9-7-12(2)8-11-9/h1,5-6,8H,4,7H2,2H3/p+1. The Balaban J connectivity index is 2.36. The fourth-order valence-corrected chi connectivity index (χ4v) is 0.879. The van der Waals surface area contributed by atoms with Crippen molar-refractivity contribution in [3.63, 3.8) is 0 Å². The van der Waals surface area contributed by atoms with Gasteiger partial charge in [-0.05, 0) is 0 Å². The molecule has 0 aromatic carbocycles. The second-order valence-electron chi connectivity index (χ2n) is 2.58. The summed E-state index contributed by atoms with van der Waals surface area (Å²) in [6, 6.07) is 0. The molecule has 0 unspecified atom stereocenters. The molecular weight excluding hydrogens is 150 g/mol. The fraction of sp³-hybridized carbons (Fsp3) is 0.333. The van der Waals surface area contributed by atoms with Crippen molar-refractivity contribution >= 4 is 12.6 Å². The Bertz CT molecular complexity index is 279. The van der Waals surface area contributed by atoms with Crippen LogP contribution in [-0.4, -0.2) is 30.7 Å². The van der Waals surface area contributed by atoms with Crippen LogP contribution in [0.5, 0.6) is 0 Å². The summed E-state index contributed by atoms with van der Waals surface area (Å²) < 4.78 is 2.04. The molecule has 0 saturated heterocycles. The van der Waals surface area contributed by atoms with Crippen LogP contribution < -0.4 is 5.32 Å². The summed E-state index contributed by atoms with van der Waals surface area (Å²) in [7, 11) is 2.00. The summed E-state index contributed by atoms with van der Waals surface area (Å²) in [6.07, 6.45) is 11.0. The maximum absolute atomic E-state index is 5.05. The van der Waals surface area contributed by atoms with E-state index < -0.39 is 0 Å². The number of likely N-dealkylation sites (N-methyl/N-ethyl adjacent to an activating group) is 1. The molecule has 1 aliphatic rings. The largest absolute Gasteiger partial charge is 0.264 e. The van der Waals surface area contributed by atoms with Gasteiger partial charge in [-0.25, -0.2) is 5.32 Å². The number of aliphatic imine (C=N–C) groups is 1. The summed E-state index contributed by atoms with van der Waals surface area (Å²) in [5.74, 6) is 2.48. The first-order valence-corrected chi connectivity index (χ1v) is 3.77. The van der Waals surface area contributed by atoms with Crippen LogP contribution in [0.25, 0.3) is 0 Å². The molecule has 0 fully saturated rings. The molecule has 3 heteroatoms. The predicted molar refractivity (Wildman–Crippen MR) is 50.3 cm³/mol. The number of nitrogens with zero attached hydrogens (tertiary/aromatic N) is 2. The highest BCUT2D eigenvalue weighted by atomic mass is 15.1. The van der Waals surface area contributed by atoms with E-state index in [9.17, 15) is 0 Å². The molecule has 1 heterocycles. The van der Waals surface area contributed by atoms with Gasteiger partial charge in [0.25, 0.3) is 0 Å². The van der Waals surface area contributed by atoms with Crippen LogP contribution in [0.1, 0.15) is 6.42 Å². The van der Waals surface area contributed by atoms with Crippen LogP contribution in [0.4, 0.5) is 0 Å². The number of hydrogen-bond acceptors (Lipinski definition) is 2. The summed E-state index contributed by atoms with van der Waals surface area (Å²) in [5, 5.41) is 3.08. The van der Waals surface area contributed by atoms with Gasteiger partial charge in [0.2, 0.25) is 6.34 Å². The van der Waals surface area contributed by atoms with E-state index in [-0.39, 0.29) is 0 Å². The molecule has 0 spiro atoms. The third-order valence-electron chi connectivity index (χ3n) is 1.43. The minimum atomic E-state index is 0.587. The van der Waals surface area contributed by atoms with E-state index in [2.05, 4.69) is 16.2 Å². The Labute approximate surface area is 72.5 Å². The van der Waals surface area contributed by atoms with Crippen LogP contribution in [-0.2, 0) is 0 Å². The minimum Gasteiger partial charge on any atom is -0.264 e. The zero-order valence-electron chi connectivity index (χ0n) is 7.12. The monoisotopic (exact) mass is 162 g/mol. The lowest BCUT2D eigenvalue weighted by molar-refractivity contribution is -0.477. The molecule has 3 nitrogen and oxygen atoms in total. The Kier molecular flexibility index (Phi) is 3.09. The van der Waals surface area contributed by atoms with Crippen LogP contribution in [0.15, 0.2) is 16.9 Å². The Morgan fingerprint density at radius 1 is 1.92 bits per heavy atom. The van der Waals surface area contributed by atoms with Crippen molar-refractivity contribution in [2.75, 3.05) is 13.6 Å². The second kappa shape index (κ2) is 4.35. The molecule has 0 bridgehead atoms. The van der Waals surface area contributed by atoms with Gasteiger partial charge >= 0.3 is 0 Å². The number of terminal acetylenes is 1. The molecule has 1 N–H and O–H groups in total. The fourth-order valence-electron chi connectivity index (χ4n) is 0.879. The quantitative estimate of drug-likeness (QED) is 0.350. The van der Waals surface area contributed by atoms with E-state index in [1.165, 1.54) is 0 Å². The van der Waals surface area contributed by atoms with Gasteiger partial charge in [0.1, 0.15) is 6.54 Å². The van der Waals surface area contributed by atoms with Crippen molar-refractivity contribution in [1.82, 2.24) is 5.32 Å². The van der Waals surface area contributed by atoms with Crippen LogP contribution in [0.2, 0.25) is 0 Å². The van der Waals surface area contributed by atoms with E-state index >= 15 is 0 Å². The Hall–Kier alpha value is -1.56. The van der Waals surface area contributed by atoms with Crippen molar-refractivity contribution in [1.29, 1.82) is 0 Å². The maximum atomic E-state index is 5.05. The van der Waals surface area contributed by atoms with E-state index in [4.69, 9.17) is 6.42 Å². The SMILES string of the molecule is C#CCC=NC=C1C[N+](C)=CN1. The molecule has 12 heavy (non-hydrogen) atoms. The highest BCUT2D eigenvalue weighted by Gasteiger charge is 2.10. The first kappa shape index (κ1) is 8.54. The van der Waals surface area contributed by atoms with E-state index in [0.29, 0.717) is 6.42 Å². The maximum Gasteiger partial charge on any atom is 0.237 e. The summed E-state index contributed by atoms with van der Waals surface area (Å²) in [6.45, 7) is 0.882. The predicted octanol–water partition coefficient (Wildman–Crippen LogP) is 0.196. The van der Waals surface area contributed by atoms with Crippen LogP contribution in [0, 0.1) is 12.3 Å². The average Bonchev–Trinajstić information content (AvgIpc) is 2.45. The lowest BCUT2D eigenvalue weighted by Gasteiger charge is -1.86.